The lowest BCUT2D eigenvalue weighted by Gasteiger charge is -2.00. The second-order valence-corrected chi connectivity index (χ2v) is 4.00. The third-order valence-electron chi connectivity index (χ3n) is 1.58. The fourth-order valence-electron chi connectivity index (χ4n) is 0.979. The lowest BCUT2D eigenvalue weighted by molar-refractivity contribution is 0.0697. The van der Waals surface area contributed by atoms with Crippen molar-refractivity contribution >= 4 is 28.3 Å². The van der Waals surface area contributed by atoms with Crippen LogP contribution in [0.15, 0.2) is 18.2 Å². The second-order valence-electron chi connectivity index (χ2n) is 2.61. The number of aromatic carboxylic acids is 1. The first-order valence-corrected chi connectivity index (χ1v) is 5.38. The van der Waals surface area contributed by atoms with Crippen molar-refractivity contribution in [2.24, 2.45) is 0 Å². The molecule has 0 heterocycles. The SMILES string of the molecule is O=C(O)c1ccc(C[SH](=O)=O)cc1Cl. The van der Waals surface area contributed by atoms with E-state index in [1.807, 2.05) is 0 Å². The Bertz CT molecular complexity index is 431. The van der Waals surface area contributed by atoms with E-state index in [9.17, 15) is 13.2 Å². The number of halogens is 1. The van der Waals surface area contributed by atoms with Crippen LogP contribution in [0.1, 0.15) is 15.9 Å². The van der Waals surface area contributed by atoms with Crippen LogP contribution in [0.4, 0.5) is 0 Å². The fraction of sp³-hybridized carbons (Fsp3) is 0.125. The molecule has 0 aliphatic heterocycles. The van der Waals surface area contributed by atoms with Crippen LogP contribution in [0.3, 0.4) is 0 Å². The monoisotopic (exact) mass is 234 g/mol. The fourth-order valence-corrected chi connectivity index (χ4v) is 1.76. The molecule has 1 aromatic carbocycles. The van der Waals surface area contributed by atoms with Gasteiger partial charge in [-0.25, -0.2) is 13.2 Å². The van der Waals surface area contributed by atoms with Crippen molar-refractivity contribution in [2.75, 3.05) is 0 Å². The second kappa shape index (κ2) is 4.43. The Hall–Kier alpha value is -1.07. The zero-order valence-corrected chi connectivity index (χ0v) is 8.59. The summed E-state index contributed by atoms with van der Waals surface area (Å²) < 4.78 is 20.8. The van der Waals surface area contributed by atoms with Gasteiger partial charge in [0.2, 0.25) is 0 Å². The summed E-state index contributed by atoms with van der Waals surface area (Å²) in [6.07, 6.45) is 0. The average molecular weight is 235 g/mol. The molecule has 0 spiro atoms. The van der Waals surface area contributed by atoms with E-state index in [-0.39, 0.29) is 16.3 Å². The van der Waals surface area contributed by atoms with Gasteiger partial charge in [0, 0.05) is 0 Å². The number of thiol groups is 1. The summed E-state index contributed by atoms with van der Waals surface area (Å²) in [5.41, 5.74) is 0.452. The maximum absolute atomic E-state index is 10.6. The number of carbonyl (C=O) groups is 1. The molecule has 0 amide bonds. The van der Waals surface area contributed by atoms with E-state index in [1.165, 1.54) is 18.2 Å². The molecule has 0 saturated heterocycles. The minimum absolute atomic E-state index is 0.0310. The van der Waals surface area contributed by atoms with Crippen LogP contribution in [0.5, 0.6) is 0 Å². The molecule has 0 aliphatic rings. The molecule has 0 radical (unpaired) electrons. The molecule has 0 atom stereocenters. The number of hydrogen-bond acceptors (Lipinski definition) is 3. The van der Waals surface area contributed by atoms with Crippen LogP contribution in [0.2, 0.25) is 5.02 Å². The quantitative estimate of drug-likeness (QED) is 0.770. The van der Waals surface area contributed by atoms with Crippen molar-refractivity contribution in [3.8, 4) is 0 Å². The minimum atomic E-state index is -2.52. The Morgan fingerprint density at radius 3 is 2.50 bits per heavy atom. The Labute approximate surface area is 87.1 Å². The molecule has 0 aliphatic carbocycles. The Morgan fingerprint density at radius 1 is 1.43 bits per heavy atom. The summed E-state index contributed by atoms with van der Waals surface area (Å²) in [4.78, 5) is 10.6. The number of benzene rings is 1. The van der Waals surface area contributed by atoms with Crippen LogP contribution in [-0.4, -0.2) is 19.5 Å². The van der Waals surface area contributed by atoms with Gasteiger partial charge in [-0.1, -0.05) is 17.7 Å². The highest BCUT2D eigenvalue weighted by Crippen LogP contribution is 2.18. The number of hydrogen-bond donors (Lipinski definition) is 2. The molecule has 0 aromatic heterocycles. The first-order chi connectivity index (χ1) is 6.50. The minimum Gasteiger partial charge on any atom is -0.478 e. The van der Waals surface area contributed by atoms with E-state index in [4.69, 9.17) is 16.7 Å². The van der Waals surface area contributed by atoms with Crippen molar-refractivity contribution in [1.29, 1.82) is 0 Å². The van der Waals surface area contributed by atoms with E-state index in [2.05, 4.69) is 0 Å². The highest BCUT2D eigenvalue weighted by Gasteiger charge is 2.08. The molecule has 1 aromatic rings. The predicted octanol–water partition coefficient (Wildman–Crippen LogP) is 1.15. The zero-order chi connectivity index (χ0) is 10.7. The Kier molecular flexibility index (Phi) is 3.49. The summed E-state index contributed by atoms with van der Waals surface area (Å²) in [6, 6.07) is 4.06. The van der Waals surface area contributed by atoms with Crippen molar-refractivity contribution in [3.63, 3.8) is 0 Å². The summed E-state index contributed by atoms with van der Waals surface area (Å²) >= 11 is 5.63. The van der Waals surface area contributed by atoms with Gasteiger partial charge in [0.05, 0.1) is 16.3 Å². The number of carboxylic acid groups (broad SMARTS) is 1. The number of carboxylic acids is 1. The van der Waals surface area contributed by atoms with E-state index in [0.29, 0.717) is 5.56 Å². The molecule has 1 rings (SSSR count). The van der Waals surface area contributed by atoms with Crippen LogP contribution < -0.4 is 0 Å². The zero-order valence-electron chi connectivity index (χ0n) is 6.94. The topological polar surface area (TPSA) is 71.4 Å². The van der Waals surface area contributed by atoms with Crippen LogP contribution in [0.25, 0.3) is 0 Å². The van der Waals surface area contributed by atoms with Gasteiger partial charge in [0.15, 0.2) is 0 Å². The molecule has 1 N–H and O–H groups in total. The van der Waals surface area contributed by atoms with Gasteiger partial charge in [-0.15, -0.1) is 0 Å². The van der Waals surface area contributed by atoms with Crippen LogP contribution in [0, 0.1) is 0 Å². The molecule has 0 bridgehead atoms. The van der Waals surface area contributed by atoms with Crippen LogP contribution in [-0.2, 0) is 16.5 Å². The molecule has 14 heavy (non-hydrogen) atoms. The van der Waals surface area contributed by atoms with Gasteiger partial charge in [-0.2, -0.15) is 0 Å². The normalized spacial score (nSPS) is 10.4. The molecule has 0 saturated carbocycles. The number of rotatable bonds is 3. The Morgan fingerprint density at radius 2 is 2.07 bits per heavy atom. The standard InChI is InChI=1S/C8H7ClO4S/c9-7-3-5(4-14(12)13)1-2-6(7)8(10)11/h1-3,14H,4H2,(H,10,11). The average Bonchev–Trinajstić information content (AvgIpc) is 2.01. The van der Waals surface area contributed by atoms with Crippen molar-refractivity contribution in [2.45, 2.75) is 5.75 Å². The summed E-state index contributed by atoms with van der Waals surface area (Å²) in [6.45, 7) is 0. The molecule has 0 fully saturated rings. The summed E-state index contributed by atoms with van der Waals surface area (Å²) in [7, 11) is -2.52. The van der Waals surface area contributed by atoms with Crippen molar-refractivity contribution in [1.82, 2.24) is 0 Å². The Balaban J connectivity index is 3.06. The highest BCUT2D eigenvalue weighted by molar-refractivity contribution is 7.71. The maximum atomic E-state index is 10.6. The van der Waals surface area contributed by atoms with Gasteiger partial charge < -0.3 is 5.11 Å². The lowest BCUT2D eigenvalue weighted by Crippen LogP contribution is -1.98. The van der Waals surface area contributed by atoms with Crippen LogP contribution >= 0.6 is 11.6 Å². The molecule has 76 valence electrons. The van der Waals surface area contributed by atoms with Gasteiger partial charge in [0.1, 0.15) is 10.7 Å². The van der Waals surface area contributed by atoms with Gasteiger partial charge >= 0.3 is 5.97 Å². The predicted molar refractivity (Wildman–Crippen MR) is 52.4 cm³/mol. The maximum Gasteiger partial charge on any atom is 0.337 e. The van der Waals surface area contributed by atoms with Gasteiger partial charge in [0.25, 0.3) is 0 Å². The van der Waals surface area contributed by atoms with Gasteiger partial charge in [-0.05, 0) is 17.7 Å². The van der Waals surface area contributed by atoms with E-state index < -0.39 is 16.7 Å². The van der Waals surface area contributed by atoms with Crippen molar-refractivity contribution in [3.05, 3.63) is 34.3 Å². The first-order valence-electron chi connectivity index (χ1n) is 3.64. The summed E-state index contributed by atoms with van der Waals surface area (Å²) in [5, 5.41) is 8.68. The van der Waals surface area contributed by atoms with Gasteiger partial charge in [-0.3, -0.25) is 0 Å². The van der Waals surface area contributed by atoms with E-state index >= 15 is 0 Å². The lowest BCUT2D eigenvalue weighted by atomic mass is 10.1. The molecular formula is C8H7ClO4S. The third kappa shape index (κ3) is 2.71. The van der Waals surface area contributed by atoms with Crippen molar-refractivity contribution < 1.29 is 18.3 Å². The largest absolute Gasteiger partial charge is 0.478 e. The van der Waals surface area contributed by atoms with E-state index in [1.54, 1.807) is 0 Å². The highest BCUT2D eigenvalue weighted by atomic mass is 35.5. The summed E-state index contributed by atoms with van der Waals surface area (Å²) in [5.74, 6) is -1.26. The first kappa shape index (κ1) is 11.0. The third-order valence-corrected chi connectivity index (χ3v) is 2.51. The molecule has 0 unspecified atom stereocenters. The smallest absolute Gasteiger partial charge is 0.337 e. The molecular weight excluding hydrogens is 228 g/mol. The van der Waals surface area contributed by atoms with E-state index in [0.717, 1.165) is 0 Å². The molecule has 4 nitrogen and oxygen atoms in total. The molecule has 6 heteroatoms.